The van der Waals surface area contributed by atoms with Crippen molar-refractivity contribution in [2.75, 3.05) is 11.9 Å². The number of benzene rings is 2. The fourth-order valence-electron chi connectivity index (χ4n) is 2.23. The molecule has 0 saturated carbocycles. The van der Waals surface area contributed by atoms with E-state index in [9.17, 15) is 9.59 Å². The monoisotopic (exact) mass is 343 g/mol. The van der Waals surface area contributed by atoms with E-state index >= 15 is 0 Å². The average Bonchev–Trinajstić information content (AvgIpc) is 2.92. The predicted molar refractivity (Wildman–Crippen MR) is 91.2 cm³/mol. The van der Waals surface area contributed by atoms with E-state index in [1.807, 2.05) is 0 Å². The van der Waals surface area contributed by atoms with Crippen LogP contribution in [0.15, 0.2) is 46.9 Å². The Morgan fingerprint density at radius 3 is 2.79 bits per heavy atom. The first-order valence-electron chi connectivity index (χ1n) is 7.23. The first kappa shape index (κ1) is 16.0. The summed E-state index contributed by atoms with van der Waals surface area (Å²) in [5.41, 5.74) is 2.21. The number of fused-ring (bicyclic) bond motifs is 1. The van der Waals surface area contributed by atoms with Crippen LogP contribution in [0.5, 0.6) is 0 Å². The summed E-state index contributed by atoms with van der Waals surface area (Å²) in [5.74, 6) is -0.200. The number of nitrogens with zero attached hydrogens (tertiary/aromatic N) is 1. The Labute approximate surface area is 142 Å². The number of halogens is 1. The quantitative estimate of drug-likeness (QED) is 0.762. The minimum absolute atomic E-state index is 0.167. The van der Waals surface area contributed by atoms with Crippen LogP contribution in [0.2, 0.25) is 5.02 Å². The third-order valence-electron chi connectivity index (χ3n) is 3.31. The van der Waals surface area contributed by atoms with Gasteiger partial charge in [-0.1, -0.05) is 23.7 Å². The van der Waals surface area contributed by atoms with Crippen molar-refractivity contribution < 1.29 is 14.0 Å². The molecule has 0 radical (unpaired) electrons. The summed E-state index contributed by atoms with van der Waals surface area (Å²) in [4.78, 5) is 28.2. The second-order valence-electron chi connectivity index (χ2n) is 5.13. The summed E-state index contributed by atoms with van der Waals surface area (Å²) in [5, 5.41) is 5.56. The van der Waals surface area contributed by atoms with E-state index in [1.54, 1.807) is 49.4 Å². The zero-order valence-corrected chi connectivity index (χ0v) is 13.6. The zero-order valence-electron chi connectivity index (χ0n) is 12.8. The lowest BCUT2D eigenvalue weighted by Crippen LogP contribution is -2.33. The fraction of sp³-hybridized carbons (Fsp3) is 0.118. The molecule has 3 aromatic rings. The number of nitrogens with one attached hydrogen (secondary N) is 2. The summed E-state index contributed by atoms with van der Waals surface area (Å²) in [6.07, 6.45) is 0. The minimum Gasteiger partial charge on any atom is -0.441 e. The van der Waals surface area contributed by atoms with E-state index in [-0.39, 0.29) is 12.5 Å². The van der Waals surface area contributed by atoms with Gasteiger partial charge in [-0.2, -0.15) is 0 Å². The van der Waals surface area contributed by atoms with Gasteiger partial charge in [-0.3, -0.25) is 9.59 Å². The van der Waals surface area contributed by atoms with Crippen LogP contribution < -0.4 is 10.6 Å². The standard InChI is InChI=1S/C17H14ClN3O3/c1-10-20-14-8-11(6-7-15(14)24-10)21-16(22)9-19-17(23)12-4-2-3-5-13(12)18/h2-8H,9H2,1H3,(H,19,23)(H,21,22). The number of aromatic nitrogens is 1. The summed E-state index contributed by atoms with van der Waals surface area (Å²) >= 11 is 5.94. The molecule has 2 aromatic carbocycles. The molecule has 3 rings (SSSR count). The molecule has 0 spiro atoms. The van der Waals surface area contributed by atoms with Crippen LogP contribution in [-0.4, -0.2) is 23.3 Å². The summed E-state index contributed by atoms with van der Waals surface area (Å²) in [6.45, 7) is 1.59. The summed E-state index contributed by atoms with van der Waals surface area (Å²) in [6, 6.07) is 11.8. The van der Waals surface area contributed by atoms with Crippen molar-refractivity contribution in [1.29, 1.82) is 0 Å². The molecule has 6 nitrogen and oxygen atoms in total. The highest BCUT2D eigenvalue weighted by Gasteiger charge is 2.11. The van der Waals surface area contributed by atoms with Crippen molar-refractivity contribution in [2.45, 2.75) is 6.92 Å². The lowest BCUT2D eigenvalue weighted by Gasteiger charge is -2.07. The fourth-order valence-corrected chi connectivity index (χ4v) is 2.45. The highest BCUT2D eigenvalue weighted by atomic mass is 35.5. The Bertz CT molecular complexity index is 920. The largest absolute Gasteiger partial charge is 0.441 e. The Morgan fingerprint density at radius 2 is 2.00 bits per heavy atom. The molecule has 0 saturated heterocycles. The molecular weight excluding hydrogens is 330 g/mol. The van der Waals surface area contributed by atoms with Gasteiger partial charge in [-0.25, -0.2) is 4.98 Å². The molecule has 0 atom stereocenters. The molecule has 24 heavy (non-hydrogen) atoms. The highest BCUT2D eigenvalue weighted by Crippen LogP contribution is 2.19. The van der Waals surface area contributed by atoms with Gasteiger partial charge in [0.05, 0.1) is 17.1 Å². The molecule has 2 amide bonds. The first-order valence-corrected chi connectivity index (χ1v) is 7.60. The summed E-state index contributed by atoms with van der Waals surface area (Å²) in [7, 11) is 0. The van der Waals surface area contributed by atoms with Crippen LogP contribution in [0.4, 0.5) is 5.69 Å². The third-order valence-corrected chi connectivity index (χ3v) is 3.64. The van der Waals surface area contributed by atoms with Gasteiger partial charge in [0.1, 0.15) is 5.52 Å². The van der Waals surface area contributed by atoms with Crippen molar-refractivity contribution in [3.63, 3.8) is 0 Å². The molecule has 0 aliphatic carbocycles. The molecule has 122 valence electrons. The second-order valence-corrected chi connectivity index (χ2v) is 5.53. The van der Waals surface area contributed by atoms with Crippen LogP contribution in [-0.2, 0) is 4.79 Å². The van der Waals surface area contributed by atoms with Gasteiger partial charge in [0, 0.05) is 12.6 Å². The van der Waals surface area contributed by atoms with Gasteiger partial charge < -0.3 is 15.1 Å². The van der Waals surface area contributed by atoms with E-state index in [4.69, 9.17) is 16.0 Å². The van der Waals surface area contributed by atoms with E-state index in [2.05, 4.69) is 15.6 Å². The predicted octanol–water partition coefficient (Wildman–Crippen LogP) is 3.16. The molecule has 1 aromatic heterocycles. The van der Waals surface area contributed by atoms with Gasteiger partial charge in [0.2, 0.25) is 5.91 Å². The number of carbonyl (C=O) groups is 2. The lowest BCUT2D eigenvalue weighted by molar-refractivity contribution is -0.115. The van der Waals surface area contributed by atoms with E-state index in [0.717, 1.165) is 0 Å². The molecule has 0 bridgehead atoms. The Balaban J connectivity index is 1.60. The van der Waals surface area contributed by atoms with Crippen LogP contribution >= 0.6 is 11.6 Å². The van der Waals surface area contributed by atoms with Crippen molar-refractivity contribution >= 4 is 40.2 Å². The van der Waals surface area contributed by atoms with Crippen LogP contribution in [0, 0.1) is 6.92 Å². The zero-order chi connectivity index (χ0) is 17.1. The molecular formula is C17H14ClN3O3. The van der Waals surface area contributed by atoms with Crippen molar-refractivity contribution in [3.05, 3.63) is 58.9 Å². The SMILES string of the molecule is Cc1nc2cc(NC(=O)CNC(=O)c3ccccc3Cl)ccc2o1. The number of anilines is 1. The third kappa shape index (κ3) is 3.55. The van der Waals surface area contributed by atoms with E-state index in [0.29, 0.717) is 33.3 Å². The molecule has 7 heteroatoms. The van der Waals surface area contributed by atoms with Crippen molar-refractivity contribution in [1.82, 2.24) is 10.3 Å². The average molecular weight is 344 g/mol. The van der Waals surface area contributed by atoms with Crippen molar-refractivity contribution in [2.24, 2.45) is 0 Å². The van der Waals surface area contributed by atoms with Gasteiger partial charge in [0.15, 0.2) is 11.5 Å². The van der Waals surface area contributed by atoms with Gasteiger partial charge in [0.25, 0.3) is 5.91 Å². The Kier molecular flexibility index (Phi) is 4.48. The number of hydrogen-bond acceptors (Lipinski definition) is 4. The number of rotatable bonds is 4. The maximum Gasteiger partial charge on any atom is 0.253 e. The normalized spacial score (nSPS) is 10.6. The van der Waals surface area contributed by atoms with Crippen LogP contribution in [0.3, 0.4) is 0 Å². The van der Waals surface area contributed by atoms with E-state index in [1.165, 1.54) is 0 Å². The number of amides is 2. The van der Waals surface area contributed by atoms with E-state index < -0.39 is 5.91 Å². The number of oxazole rings is 1. The smallest absolute Gasteiger partial charge is 0.253 e. The number of aryl methyl sites for hydroxylation is 1. The van der Waals surface area contributed by atoms with Gasteiger partial charge >= 0.3 is 0 Å². The molecule has 0 fully saturated rings. The number of carbonyl (C=O) groups excluding carboxylic acids is 2. The second kappa shape index (κ2) is 6.72. The van der Waals surface area contributed by atoms with Crippen LogP contribution in [0.25, 0.3) is 11.1 Å². The molecule has 2 N–H and O–H groups in total. The van der Waals surface area contributed by atoms with Crippen molar-refractivity contribution in [3.8, 4) is 0 Å². The maximum absolute atomic E-state index is 12.0. The molecule has 0 aliphatic heterocycles. The topological polar surface area (TPSA) is 84.2 Å². The Morgan fingerprint density at radius 1 is 1.21 bits per heavy atom. The minimum atomic E-state index is -0.404. The van der Waals surface area contributed by atoms with Gasteiger partial charge in [-0.05, 0) is 30.3 Å². The lowest BCUT2D eigenvalue weighted by atomic mass is 10.2. The Hall–Kier alpha value is -2.86. The maximum atomic E-state index is 12.0. The van der Waals surface area contributed by atoms with Crippen LogP contribution in [0.1, 0.15) is 16.2 Å². The number of hydrogen-bond donors (Lipinski definition) is 2. The van der Waals surface area contributed by atoms with Gasteiger partial charge in [-0.15, -0.1) is 0 Å². The molecule has 0 aliphatic rings. The molecule has 1 heterocycles. The highest BCUT2D eigenvalue weighted by molar-refractivity contribution is 6.33. The summed E-state index contributed by atoms with van der Waals surface area (Å²) < 4.78 is 5.37. The molecule has 0 unspecified atom stereocenters. The first-order chi connectivity index (χ1) is 11.5.